The van der Waals surface area contributed by atoms with Crippen LogP contribution in [0.25, 0.3) is 0 Å². The van der Waals surface area contributed by atoms with Gasteiger partial charge in [0, 0.05) is 17.8 Å². The number of alkyl halides is 2. The Balaban J connectivity index is 1.87. The van der Waals surface area contributed by atoms with Crippen molar-refractivity contribution in [3.63, 3.8) is 0 Å². The maximum Gasteiger partial charge on any atom is 0.306 e. The van der Waals surface area contributed by atoms with E-state index in [1.807, 2.05) is 27.7 Å². The van der Waals surface area contributed by atoms with Crippen molar-refractivity contribution in [2.75, 3.05) is 6.61 Å². The van der Waals surface area contributed by atoms with E-state index < -0.39 is 40.5 Å². The molecule has 0 bridgehead atoms. The number of rotatable bonds is 5. The van der Waals surface area contributed by atoms with Crippen molar-refractivity contribution in [1.82, 2.24) is 0 Å². The predicted octanol–water partition coefficient (Wildman–Crippen LogP) is 4.35. The molecule has 4 aliphatic rings. The normalized spacial score (nSPS) is 46.2. The van der Waals surface area contributed by atoms with Crippen LogP contribution < -0.4 is 0 Å². The van der Waals surface area contributed by atoms with E-state index in [9.17, 15) is 19.5 Å². The Morgan fingerprint density at radius 2 is 1.97 bits per heavy atom. The van der Waals surface area contributed by atoms with Gasteiger partial charge in [0.15, 0.2) is 11.6 Å². The largest absolute Gasteiger partial charge is 0.460 e. The molecule has 4 aliphatic carbocycles. The van der Waals surface area contributed by atoms with Gasteiger partial charge in [-0.25, -0.2) is 4.39 Å². The standard InChI is InChI=1S/C26H34ClFO5/c1-5-6-22(32)33-21-12-24(3)16(9-14(2)23(24)20(31)13-29)17-11-19(28)18-10-15(30)7-8-25(18,4)26(17,21)27/h7-8,10,14,16-17,19,21,23,29H,5-6,9,11-13H2,1-4H3/t14-,16+,17+,19+,21+,23-,24+,25+,26+/m1/s1. The van der Waals surface area contributed by atoms with Crippen LogP contribution in [0.5, 0.6) is 0 Å². The van der Waals surface area contributed by atoms with Gasteiger partial charge in [0.25, 0.3) is 0 Å². The Hall–Kier alpha value is -1.53. The Morgan fingerprint density at radius 3 is 2.61 bits per heavy atom. The molecule has 0 aliphatic heterocycles. The molecule has 0 heterocycles. The number of aliphatic hydroxyl groups is 1. The highest BCUT2D eigenvalue weighted by molar-refractivity contribution is 6.26. The first-order valence-corrected chi connectivity index (χ1v) is 12.4. The van der Waals surface area contributed by atoms with E-state index in [4.69, 9.17) is 16.3 Å². The Labute approximate surface area is 199 Å². The number of allylic oxidation sites excluding steroid dienone is 4. The number of fused-ring (bicyclic) bond motifs is 5. The third-order valence-corrected chi connectivity index (χ3v) is 10.1. The number of ether oxygens (including phenoxy) is 1. The van der Waals surface area contributed by atoms with Crippen LogP contribution in [0.3, 0.4) is 0 Å². The second kappa shape index (κ2) is 8.30. The number of hydrogen-bond acceptors (Lipinski definition) is 5. The first kappa shape index (κ1) is 24.6. The van der Waals surface area contributed by atoms with E-state index in [0.717, 1.165) is 0 Å². The molecule has 3 fully saturated rings. The molecule has 0 spiro atoms. The molecule has 3 saturated carbocycles. The molecule has 33 heavy (non-hydrogen) atoms. The van der Waals surface area contributed by atoms with E-state index in [1.165, 1.54) is 12.2 Å². The van der Waals surface area contributed by atoms with E-state index in [-0.39, 0.29) is 48.1 Å². The Kier molecular flexibility index (Phi) is 6.18. The highest BCUT2D eigenvalue weighted by Gasteiger charge is 2.72. The molecule has 9 atom stereocenters. The lowest BCUT2D eigenvalue weighted by molar-refractivity contribution is -0.171. The zero-order valence-electron chi connectivity index (χ0n) is 19.8. The Bertz CT molecular complexity index is 930. The molecule has 182 valence electrons. The van der Waals surface area contributed by atoms with Crippen LogP contribution in [-0.2, 0) is 19.1 Å². The van der Waals surface area contributed by atoms with Gasteiger partial charge in [-0.2, -0.15) is 0 Å². The maximum atomic E-state index is 15.7. The van der Waals surface area contributed by atoms with Crippen LogP contribution in [0.1, 0.15) is 59.8 Å². The number of ketones is 2. The molecule has 0 aromatic rings. The average Bonchev–Trinajstić information content (AvgIpc) is 3.01. The fraction of sp³-hybridized carbons (Fsp3) is 0.731. The molecular formula is C26H34ClFO5. The summed E-state index contributed by atoms with van der Waals surface area (Å²) in [6.45, 7) is 7.19. The minimum Gasteiger partial charge on any atom is -0.460 e. The Morgan fingerprint density at radius 1 is 1.27 bits per heavy atom. The van der Waals surface area contributed by atoms with Crippen LogP contribution >= 0.6 is 11.6 Å². The summed E-state index contributed by atoms with van der Waals surface area (Å²) in [5, 5.41) is 9.67. The summed E-state index contributed by atoms with van der Waals surface area (Å²) in [5.74, 6) is -1.72. The second-order valence-electron chi connectivity index (χ2n) is 11.0. The average molecular weight is 481 g/mol. The molecule has 0 unspecified atom stereocenters. The highest BCUT2D eigenvalue weighted by Crippen LogP contribution is 2.71. The lowest BCUT2D eigenvalue weighted by Crippen LogP contribution is -2.68. The number of carbonyl (C=O) groups is 3. The van der Waals surface area contributed by atoms with Crippen molar-refractivity contribution in [1.29, 1.82) is 0 Å². The molecule has 0 saturated heterocycles. The van der Waals surface area contributed by atoms with Crippen LogP contribution in [0.4, 0.5) is 4.39 Å². The van der Waals surface area contributed by atoms with Crippen molar-refractivity contribution in [3.8, 4) is 0 Å². The van der Waals surface area contributed by atoms with Crippen molar-refractivity contribution in [3.05, 3.63) is 23.8 Å². The summed E-state index contributed by atoms with van der Waals surface area (Å²) in [5.41, 5.74) is -1.24. The molecule has 0 radical (unpaired) electrons. The molecule has 7 heteroatoms. The van der Waals surface area contributed by atoms with E-state index in [0.29, 0.717) is 24.8 Å². The molecule has 0 amide bonds. The van der Waals surface area contributed by atoms with Crippen LogP contribution in [0, 0.1) is 34.5 Å². The van der Waals surface area contributed by atoms with Gasteiger partial charge in [-0.05, 0) is 66.6 Å². The van der Waals surface area contributed by atoms with Gasteiger partial charge in [0.05, 0.1) is 4.87 Å². The quantitative estimate of drug-likeness (QED) is 0.467. The third-order valence-electron chi connectivity index (χ3n) is 9.17. The number of halogens is 2. The van der Waals surface area contributed by atoms with Crippen molar-refractivity contribution in [2.24, 2.45) is 34.5 Å². The zero-order valence-corrected chi connectivity index (χ0v) is 20.5. The lowest BCUT2D eigenvalue weighted by atomic mass is 9.45. The van der Waals surface area contributed by atoms with E-state index in [2.05, 4.69) is 0 Å². The van der Waals surface area contributed by atoms with Crippen molar-refractivity contribution in [2.45, 2.75) is 76.9 Å². The first-order valence-electron chi connectivity index (χ1n) is 12.0. The van der Waals surface area contributed by atoms with Crippen LogP contribution in [-0.4, -0.2) is 46.4 Å². The summed E-state index contributed by atoms with van der Waals surface area (Å²) >= 11 is 7.57. The third kappa shape index (κ3) is 3.38. The van der Waals surface area contributed by atoms with Gasteiger partial charge in [-0.3, -0.25) is 14.4 Å². The summed E-state index contributed by atoms with van der Waals surface area (Å²) in [6, 6.07) is 0. The van der Waals surface area contributed by atoms with Crippen LogP contribution in [0.2, 0.25) is 0 Å². The van der Waals surface area contributed by atoms with Gasteiger partial charge in [0.1, 0.15) is 18.9 Å². The van der Waals surface area contributed by atoms with Gasteiger partial charge in [-0.1, -0.05) is 33.8 Å². The van der Waals surface area contributed by atoms with E-state index in [1.54, 1.807) is 6.08 Å². The van der Waals surface area contributed by atoms with Gasteiger partial charge >= 0.3 is 5.97 Å². The second-order valence-corrected chi connectivity index (χ2v) is 11.6. The minimum absolute atomic E-state index is 0.00283. The van der Waals surface area contributed by atoms with Gasteiger partial charge < -0.3 is 9.84 Å². The summed E-state index contributed by atoms with van der Waals surface area (Å²) < 4.78 is 21.7. The predicted molar refractivity (Wildman–Crippen MR) is 122 cm³/mol. The minimum atomic E-state index is -1.35. The molecule has 1 N–H and O–H groups in total. The maximum absolute atomic E-state index is 15.7. The van der Waals surface area contributed by atoms with E-state index >= 15 is 4.39 Å². The molecule has 0 aromatic heterocycles. The SMILES string of the molecule is CCCC(=O)O[C@H]1C[C@@]2(C)[C@@H](C[C@@H](C)[C@@H]2C(=O)CO)[C@@H]2C[C@H](F)C3=CC(=O)C=C[C@]3(C)[C@@]12Cl. The number of esters is 1. The fourth-order valence-corrected chi connectivity index (χ4v) is 8.40. The summed E-state index contributed by atoms with van der Waals surface area (Å²) in [4.78, 5) is 36.5. The molecule has 0 aromatic carbocycles. The number of Topliss-reactive ketones (excluding diaryl/α,β-unsaturated/α-hetero) is 1. The van der Waals surface area contributed by atoms with Crippen molar-refractivity contribution < 1.29 is 28.6 Å². The molecular weight excluding hydrogens is 447 g/mol. The monoisotopic (exact) mass is 480 g/mol. The number of aliphatic hydroxyl groups excluding tert-OH is 1. The van der Waals surface area contributed by atoms with Crippen molar-refractivity contribution >= 4 is 29.1 Å². The van der Waals surface area contributed by atoms with Gasteiger partial charge in [-0.15, -0.1) is 11.6 Å². The highest BCUT2D eigenvalue weighted by atomic mass is 35.5. The number of carbonyl (C=O) groups excluding carboxylic acids is 3. The zero-order chi connectivity index (χ0) is 24.3. The smallest absolute Gasteiger partial charge is 0.306 e. The fourth-order valence-electron chi connectivity index (χ4n) is 7.87. The number of hydrogen-bond donors (Lipinski definition) is 1. The topological polar surface area (TPSA) is 80.7 Å². The first-order chi connectivity index (χ1) is 15.4. The summed E-state index contributed by atoms with van der Waals surface area (Å²) in [7, 11) is 0. The van der Waals surface area contributed by atoms with Gasteiger partial charge in [0.2, 0.25) is 0 Å². The van der Waals surface area contributed by atoms with Crippen LogP contribution in [0.15, 0.2) is 23.8 Å². The molecule has 4 rings (SSSR count). The lowest BCUT2D eigenvalue weighted by Gasteiger charge is -2.64. The summed E-state index contributed by atoms with van der Waals surface area (Å²) in [6.07, 6.45) is 4.37. The molecule has 5 nitrogen and oxygen atoms in total.